The number of aliphatic carboxylic acids is 1. The van der Waals surface area contributed by atoms with Gasteiger partial charge in [0.05, 0.1) is 13.2 Å². The van der Waals surface area contributed by atoms with E-state index in [1.165, 1.54) is 4.90 Å². The lowest BCUT2D eigenvalue weighted by molar-refractivity contribution is -0.154. The highest BCUT2D eigenvalue weighted by molar-refractivity contribution is 5.95. The normalized spacial score (nSPS) is 17.1. The van der Waals surface area contributed by atoms with Crippen molar-refractivity contribution < 1.29 is 24.2 Å². The van der Waals surface area contributed by atoms with Gasteiger partial charge >= 0.3 is 5.97 Å². The van der Waals surface area contributed by atoms with Gasteiger partial charge in [-0.15, -0.1) is 0 Å². The Balaban J connectivity index is 1.66. The first kappa shape index (κ1) is 16.9. The summed E-state index contributed by atoms with van der Waals surface area (Å²) in [6.07, 6.45) is 2.42. The maximum atomic E-state index is 12.6. The standard InChI is InChI=1S/C18H18N2O5/c21-17(20-7-8-24-16(11-20)18(22)23)14-4-1-5-15(9-14)25-12-13-3-2-6-19-10-13/h1-6,9-10,16H,7-8,11-12H2,(H,22,23)/t16-/m0/s1. The first-order valence-corrected chi connectivity index (χ1v) is 7.89. The van der Waals surface area contributed by atoms with Crippen molar-refractivity contribution >= 4 is 11.9 Å². The Morgan fingerprint density at radius 3 is 2.96 bits per heavy atom. The molecule has 130 valence electrons. The van der Waals surface area contributed by atoms with Crippen molar-refractivity contribution in [2.24, 2.45) is 0 Å². The molecule has 1 atom stereocenters. The van der Waals surface area contributed by atoms with E-state index in [1.54, 1.807) is 36.7 Å². The number of hydrogen-bond acceptors (Lipinski definition) is 5. The minimum atomic E-state index is -1.06. The molecule has 1 saturated heterocycles. The number of hydrogen-bond donors (Lipinski definition) is 1. The predicted molar refractivity (Wildman–Crippen MR) is 88.3 cm³/mol. The Labute approximate surface area is 144 Å². The summed E-state index contributed by atoms with van der Waals surface area (Å²) in [4.78, 5) is 29.2. The van der Waals surface area contributed by atoms with E-state index in [0.29, 0.717) is 24.5 Å². The highest BCUT2D eigenvalue weighted by Crippen LogP contribution is 2.18. The van der Waals surface area contributed by atoms with Crippen LogP contribution >= 0.6 is 0 Å². The van der Waals surface area contributed by atoms with Crippen LogP contribution in [0.15, 0.2) is 48.8 Å². The van der Waals surface area contributed by atoms with Gasteiger partial charge in [-0.2, -0.15) is 0 Å². The molecular formula is C18H18N2O5. The fraction of sp³-hybridized carbons (Fsp3) is 0.278. The highest BCUT2D eigenvalue weighted by Gasteiger charge is 2.29. The molecule has 7 heteroatoms. The van der Waals surface area contributed by atoms with Crippen molar-refractivity contribution in [2.75, 3.05) is 19.7 Å². The number of carbonyl (C=O) groups is 2. The monoisotopic (exact) mass is 342 g/mol. The average molecular weight is 342 g/mol. The number of carboxylic acids is 1. The molecule has 2 aromatic rings. The number of benzene rings is 1. The predicted octanol–water partition coefficient (Wildman–Crippen LogP) is 1.59. The van der Waals surface area contributed by atoms with Crippen LogP contribution in [0.2, 0.25) is 0 Å². The van der Waals surface area contributed by atoms with Gasteiger partial charge in [-0.25, -0.2) is 4.79 Å². The fourth-order valence-electron chi connectivity index (χ4n) is 2.53. The molecule has 0 radical (unpaired) electrons. The fourth-order valence-corrected chi connectivity index (χ4v) is 2.53. The average Bonchev–Trinajstić information content (AvgIpc) is 2.67. The van der Waals surface area contributed by atoms with E-state index < -0.39 is 12.1 Å². The second-order valence-electron chi connectivity index (χ2n) is 5.63. The summed E-state index contributed by atoms with van der Waals surface area (Å²) in [5, 5.41) is 9.04. The summed E-state index contributed by atoms with van der Waals surface area (Å²) in [6.45, 7) is 0.961. The Morgan fingerprint density at radius 2 is 2.20 bits per heavy atom. The number of rotatable bonds is 5. The lowest BCUT2D eigenvalue weighted by atomic mass is 10.1. The second-order valence-corrected chi connectivity index (χ2v) is 5.63. The van der Waals surface area contributed by atoms with E-state index >= 15 is 0 Å². The van der Waals surface area contributed by atoms with E-state index in [0.717, 1.165) is 5.56 Å². The van der Waals surface area contributed by atoms with Gasteiger partial charge in [-0.1, -0.05) is 12.1 Å². The number of carboxylic acid groups (broad SMARTS) is 1. The number of amides is 1. The Morgan fingerprint density at radius 1 is 1.32 bits per heavy atom. The lowest BCUT2D eigenvalue weighted by Gasteiger charge is -2.31. The first-order chi connectivity index (χ1) is 12.1. The van der Waals surface area contributed by atoms with E-state index in [2.05, 4.69) is 4.98 Å². The Bertz CT molecular complexity index is 750. The van der Waals surface area contributed by atoms with Gasteiger partial charge in [0, 0.05) is 30.1 Å². The summed E-state index contributed by atoms with van der Waals surface area (Å²) in [5.74, 6) is -0.731. The maximum Gasteiger partial charge on any atom is 0.334 e. The van der Waals surface area contributed by atoms with Crippen LogP contribution in [0.4, 0.5) is 0 Å². The van der Waals surface area contributed by atoms with E-state index in [9.17, 15) is 9.59 Å². The van der Waals surface area contributed by atoms with E-state index in [1.807, 2.05) is 12.1 Å². The number of pyridine rings is 1. The molecule has 0 saturated carbocycles. The first-order valence-electron chi connectivity index (χ1n) is 7.89. The van der Waals surface area contributed by atoms with Crippen LogP contribution in [0.5, 0.6) is 5.75 Å². The van der Waals surface area contributed by atoms with Gasteiger partial charge in [0.2, 0.25) is 0 Å². The van der Waals surface area contributed by atoms with E-state index in [4.69, 9.17) is 14.6 Å². The molecule has 1 aromatic carbocycles. The molecule has 1 N–H and O–H groups in total. The molecule has 2 heterocycles. The van der Waals surface area contributed by atoms with Crippen LogP contribution in [-0.2, 0) is 16.1 Å². The molecule has 25 heavy (non-hydrogen) atoms. The van der Waals surface area contributed by atoms with Crippen molar-refractivity contribution in [3.8, 4) is 5.75 Å². The minimum absolute atomic E-state index is 0.0366. The smallest absolute Gasteiger partial charge is 0.334 e. The highest BCUT2D eigenvalue weighted by atomic mass is 16.5. The van der Waals surface area contributed by atoms with Crippen LogP contribution < -0.4 is 4.74 Å². The lowest BCUT2D eigenvalue weighted by Crippen LogP contribution is -2.48. The third-order valence-corrected chi connectivity index (χ3v) is 3.84. The minimum Gasteiger partial charge on any atom is -0.489 e. The summed E-state index contributed by atoms with van der Waals surface area (Å²) < 4.78 is 10.8. The molecule has 7 nitrogen and oxygen atoms in total. The number of ether oxygens (including phenoxy) is 2. The SMILES string of the molecule is O=C(O)[C@@H]1CN(C(=O)c2cccc(OCc3cccnc3)c2)CCO1. The summed E-state index contributed by atoms with van der Waals surface area (Å²) >= 11 is 0. The van der Waals surface area contributed by atoms with Crippen molar-refractivity contribution in [3.05, 3.63) is 59.9 Å². The largest absolute Gasteiger partial charge is 0.489 e. The molecule has 1 amide bonds. The molecule has 1 aliphatic heterocycles. The molecule has 1 fully saturated rings. The number of aromatic nitrogens is 1. The van der Waals surface area contributed by atoms with Crippen molar-refractivity contribution in [2.45, 2.75) is 12.7 Å². The number of morpholine rings is 1. The van der Waals surface area contributed by atoms with Crippen LogP contribution in [0.1, 0.15) is 15.9 Å². The van der Waals surface area contributed by atoms with Crippen LogP contribution in [0, 0.1) is 0 Å². The van der Waals surface area contributed by atoms with Gasteiger partial charge in [0.25, 0.3) is 5.91 Å². The Hall–Kier alpha value is -2.93. The summed E-state index contributed by atoms with van der Waals surface area (Å²) in [5.41, 5.74) is 1.38. The molecule has 0 aliphatic carbocycles. The van der Waals surface area contributed by atoms with Gasteiger partial charge in [0.1, 0.15) is 12.4 Å². The van der Waals surface area contributed by atoms with Crippen LogP contribution in [-0.4, -0.2) is 52.7 Å². The summed E-state index contributed by atoms with van der Waals surface area (Å²) in [7, 11) is 0. The van der Waals surface area contributed by atoms with Crippen molar-refractivity contribution in [3.63, 3.8) is 0 Å². The number of carbonyl (C=O) groups excluding carboxylic acids is 1. The van der Waals surface area contributed by atoms with Crippen molar-refractivity contribution in [1.82, 2.24) is 9.88 Å². The van der Waals surface area contributed by atoms with Crippen LogP contribution in [0.3, 0.4) is 0 Å². The topological polar surface area (TPSA) is 89.0 Å². The quantitative estimate of drug-likeness (QED) is 0.887. The van der Waals surface area contributed by atoms with Gasteiger partial charge in [-0.05, 0) is 24.3 Å². The molecular weight excluding hydrogens is 324 g/mol. The zero-order chi connectivity index (χ0) is 17.6. The van der Waals surface area contributed by atoms with Gasteiger partial charge < -0.3 is 19.5 Å². The van der Waals surface area contributed by atoms with Gasteiger partial charge in [0.15, 0.2) is 6.10 Å². The van der Waals surface area contributed by atoms with Crippen molar-refractivity contribution in [1.29, 1.82) is 0 Å². The summed E-state index contributed by atoms with van der Waals surface area (Å²) in [6, 6.07) is 10.6. The molecule has 0 bridgehead atoms. The third-order valence-electron chi connectivity index (χ3n) is 3.84. The zero-order valence-corrected chi connectivity index (χ0v) is 13.5. The van der Waals surface area contributed by atoms with Crippen LogP contribution in [0.25, 0.3) is 0 Å². The van der Waals surface area contributed by atoms with Gasteiger partial charge in [-0.3, -0.25) is 9.78 Å². The second kappa shape index (κ2) is 7.76. The maximum absolute atomic E-state index is 12.6. The van der Waals surface area contributed by atoms with E-state index in [-0.39, 0.29) is 19.1 Å². The third kappa shape index (κ3) is 4.33. The number of nitrogens with zero attached hydrogens (tertiary/aromatic N) is 2. The molecule has 1 aliphatic rings. The Kier molecular flexibility index (Phi) is 5.25. The molecule has 0 unspecified atom stereocenters. The zero-order valence-electron chi connectivity index (χ0n) is 13.5. The molecule has 0 spiro atoms. The molecule has 3 rings (SSSR count). The molecule has 1 aromatic heterocycles.